The lowest BCUT2D eigenvalue weighted by atomic mass is 10.1. The van der Waals surface area contributed by atoms with E-state index >= 15 is 0 Å². The van der Waals surface area contributed by atoms with Crippen molar-refractivity contribution < 1.29 is 14.4 Å². The van der Waals surface area contributed by atoms with Crippen LogP contribution in [0.25, 0.3) is 6.08 Å². The quantitative estimate of drug-likeness (QED) is 0.127. The molecule has 3 N–H and O–H groups in total. The van der Waals surface area contributed by atoms with Gasteiger partial charge in [-0.05, 0) is 84.8 Å². The molecule has 4 rings (SSSR count). The number of carbonyl (C=O) groups excluding carboxylic acids is 3. The van der Waals surface area contributed by atoms with Gasteiger partial charge in [-0.2, -0.15) is 0 Å². The summed E-state index contributed by atoms with van der Waals surface area (Å²) >= 11 is 13.5. The molecule has 4 aromatic rings. The summed E-state index contributed by atoms with van der Waals surface area (Å²) in [6.07, 6.45) is 2.16. The fraction of sp³-hybridized carbons (Fsp3) is 0.0938. The zero-order valence-electron chi connectivity index (χ0n) is 22.1. The van der Waals surface area contributed by atoms with E-state index in [0.717, 1.165) is 4.90 Å². The fourth-order valence-corrected chi connectivity index (χ4v) is 5.13. The van der Waals surface area contributed by atoms with Crippen LogP contribution in [0.2, 0.25) is 10.0 Å². The molecule has 0 heterocycles. The molecule has 0 aliphatic rings. The molecule has 4 aromatic carbocycles. The molecule has 1 atom stereocenters. The Kier molecular flexibility index (Phi) is 10.6. The number of hydrogen-bond donors (Lipinski definition) is 3. The van der Waals surface area contributed by atoms with Crippen LogP contribution >= 0.6 is 35.0 Å². The Labute approximate surface area is 253 Å². The molecule has 0 bridgehead atoms. The van der Waals surface area contributed by atoms with Crippen molar-refractivity contribution in [2.45, 2.75) is 23.5 Å². The van der Waals surface area contributed by atoms with Crippen LogP contribution in [-0.4, -0.2) is 23.0 Å². The molecule has 3 amide bonds. The standard InChI is InChI=1S/C32H27Cl2N3O3S/c1-2-29(32(40)35-25-16-14-23(33)15-17-25)41-27-13-7-12-26(20-27)36-31(39)28(19-21-8-6-11-24(34)18-21)37-30(38)22-9-4-3-5-10-22/h3-20,29H,2H2,1H3,(H,35,40)(H,36,39)(H,37,38)/b28-19-. The number of benzene rings is 4. The molecule has 9 heteroatoms. The van der Waals surface area contributed by atoms with Crippen LogP contribution in [0.15, 0.2) is 114 Å². The zero-order valence-corrected chi connectivity index (χ0v) is 24.4. The average molecular weight is 605 g/mol. The monoisotopic (exact) mass is 603 g/mol. The molecule has 0 saturated heterocycles. The topological polar surface area (TPSA) is 87.3 Å². The summed E-state index contributed by atoms with van der Waals surface area (Å²) in [5.41, 5.74) is 2.29. The highest BCUT2D eigenvalue weighted by atomic mass is 35.5. The third-order valence-corrected chi connectivity index (χ3v) is 7.68. The van der Waals surface area contributed by atoms with Crippen molar-refractivity contribution in [1.82, 2.24) is 5.32 Å². The number of anilines is 2. The average Bonchev–Trinajstić information content (AvgIpc) is 2.97. The van der Waals surface area contributed by atoms with Crippen LogP contribution < -0.4 is 16.0 Å². The molecule has 0 radical (unpaired) electrons. The van der Waals surface area contributed by atoms with E-state index < -0.39 is 11.8 Å². The molecule has 0 aliphatic carbocycles. The fourth-order valence-electron chi connectivity index (χ4n) is 3.79. The highest BCUT2D eigenvalue weighted by Crippen LogP contribution is 2.29. The molecule has 208 valence electrons. The Morgan fingerprint density at radius 3 is 2.22 bits per heavy atom. The summed E-state index contributed by atoms with van der Waals surface area (Å²) in [4.78, 5) is 40.0. The SMILES string of the molecule is CCC(Sc1cccc(NC(=O)/C(=C/c2cccc(Cl)c2)NC(=O)c2ccccc2)c1)C(=O)Nc1ccc(Cl)cc1. The van der Waals surface area contributed by atoms with Crippen LogP contribution in [0.1, 0.15) is 29.3 Å². The van der Waals surface area contributed by atoms with Gasteiger partial charge in [-0.25, -0.2) is 0 Å². The molecule has 0 aliphatic heterocycles. The Morgan fingerprint density at radius 2 is 1.51 bits per heavy atom. The van der Waals surface area contributed by atoms with Gasteiger partial charge in [0.1, 0.15) is 5.70 Å². The first-order valence-electron chi connectivity index (χ1n) is 12.8. The van der Waals surface area contributed by atoms with Crippen molar-refractivity contribution in [3.05, 3.63) is 130 Å². The lowest BCUT2D eigenvalue weighted by molar-refractivity contribution is -0.116. The van der Waals surface area contributed by atoms with Crippen molar-refractivity contribution in [1.29, 1.82) is 0 Å². The van der Waals surface area contributed by atoms with E-state index in [-0.39, 0.29) is 16.9 Å². The van der Waals surface area contributed by atoms with E-state index in [9.17, 15) is 14.4 Å². The van der Waals surface area contributed by atoms with Gasteiger partial charge < -0.3 is 16.0 Å². The predicted molar refractivity (Wildman–Crippen MR) is 168 cm³/mol. The van der Waals surface area contributed by atoms with Gasteiger partial charge in [-0.1, -0.05) is 66.5 Å². The smallest absolute Gasteiger partial charge is 0.272 e. The second-order valence-corrected chi connectivity index (χ2v) is 11.1. The van der Waals surface area contributed by atoms with E-state index in [0.29, 0.717) is 39.0 Å². The summed E-state index contributed by atoms with van der Waals surface area (Å²) in [6, 6.07) is 29.7. The highest BCUT2D eigenvalue weighted by molar-refractivity contribution is 8.00. The highest BCUT2D eigenvalue weighted by Gasteiger charge is 2.19. The van der Waals surface area contributed by atoms with Gasteiger partial charge in [-0.15, -0.1) is 11.8 Å². The Bertz CT molecular complexity index is 1560. The number of nitrogens with one attached hydrogen (secondary N) is 3. The van der Waals surface area contributed by atoms with Gasteiger partial charge in [0, 0.05) is 31.9 Å². The van der Waals surface area contributed by atoms with E-state index in [2.05, 4.69) is 16.0 Å². The van der Waals surface area contributed by atoms with Crippen molar-refractivity contribution in [3.63, 3.8) is 0 Å². The van der Waals surface area contributed by atoms with Gasteiger partial charge in [0.2, 0.25) is 5.91 Å². The summed E-state index contributed by atoms with van der Waals surface area (Å²) < 4.78 is 0. The lowest BCUT2D eigenvalue weighted by Gasteiger charge is -2.16. The van der Waals surface area contributed by atoms with E-state index in [1.54, 1.807) is 97.1 Å². The van der Waals surface area contributed by atoms with Crippen LogP contribution in [0, 0.1) is 0 Å². The summed E-state index contributed by atoms with van der Waals surface area (Å²) in [7, 11) is 0. The molecule has 0 spiro atoms. The maximum Gasteiger partial charge on any atom is 0.272 e. The minimum absolute atomic E-state index is 0.0490. The maximum absolute atomic E-state index is 13.4. The summed E-state index contributed by atoms with van der Waals surface area (Å²) in [6.45, 7) is 1.94. The second-order valence-electron chi connectivity index (χ2n) is 8.93. The van der Waals surface area contributed by atoms with Crippen LogP contribution in [0.3, 0.4) is 0 Å². The molecular formula is C32H27Cl2N3O3S. The molecular weight excluding hydrogens is 577 g/mol. The lowest BCUT2D eigenvalue weighted by Crippen LogP contribution is -2.30. The molecule has 0 saturated carbocycles. The van der Waals surface area contributed by atoms with Crippen molar-refractivity contribution in [2.75, 3.05) is 10.6 Å². The van der Waals surface area contributed by atoms with Crippen molar-refractivity contribution in [3.8, 4) is 0 Å². The molecule has 41 heavy (non-hydrogen) atoms. The van der Waals surface area contributed by atoms with Crippen molar-refractivity contribution >= 4 is 70.1 Å². The number of halogens is 2. The first-order chi connectivity index (χ1) is 19.8. The van der Waals surface area contributed by atoms with Crippen molar-refractivity contribution in [2.24, 2.45) is 0 Å². The molecule has 6 nitrogen and oxygen atoms in total. The van der Waals surface area contributed by atoms with E-state index in [1.165, 1.54) is 11.8 Å². The number of carbonyl (C=O) groups is 3. The third kappa shape index (κ3) is 8.98. The molecule has 0 aromatic heterocycles. The van der Waals surface area contributed by atoms with Gasteiger partial charge in [0.15, 0.2) is 0 Å². The third-order valence-electron chi connectivity index (χ3n) is 5.83. The zero-order chi connectivity index (χ0) is 29.2. The minimum atomic E-state index is -0.510. The first kappa shape index (κ1) is 29.9. The molecule has 0 fully saturated rings. The Balaban J connectivity index is 1.49. The van der Waals surface area contributed by atoms with E-state index in [1.807, 2.05) is 19.1 Å². The molecule has 1 unspecified atom stereocenters. The summed E-state index contributed by atoms with van der Waals surface area (Å²) in [5, 5.41) is 9.23. The van der Waals surface area contributed by atoms with Gasteiger partial charge in [0.25, 0.3) is 11.8 Å². The van der Waals surface area contributed by atoms with Crippen LogP contribution in [0.5, 0.6) is 0 Å². The summed E-state index contributed by atoms with van der Waals surface area (Å²) in [5.74, 6) is -1.07. The second kappa shape index (κ2) is 14.6. The van der Waals surface area contributed by atoms with Crippen LogP contribution in [0.4, 0.5) is 11.4 Å². The van der Waals surface area contributed by atoms with Crippen LogP contribution in [-0.2, 0) is 9.59 Å². The Morgan fingerprint density at radius 1 is 0.780 bits per heavy atom. The predicted octanol–water partition coefficient (Wildman–Crippen LogP) is 7.91. The number of hydrogen-bond acceptors (Lipinski definition) is 4. The maximum atomic E-state index is 13.4. The van der Waals surface area contributed by atoms with Gasteiger partial charge >= 0.3 is 0 Å². The van der Waals surface area contributed by atoms with E-state index in [4.69, 9.17) is 23.2 Å². The largest absolute Gasteiger partial charge is 0.325 e. The first-order valence-corrected chi connectivity index (χ1v) is 14.4. The number of amides is 3. The van der Waals surface area contributed by atoms with Gasteiger partial charge in [-0.3, -0.25) is 14.4 Å². The minimum Gasteiger partial charge on any atom is -0.325 e. The number of thioether (sulfide) groups is 1. The number of rotatable bonds is 10. The Hall–Kier alpha value is -4.04. The van der Waals surface area contributed by atoms with Gasteiger partial charge in [0.05, 0.1) is 5.25 Å². The normalized spacial score (nSPS) is 11.8.